The summed E-state index contributed by atoms with van der Waals surface area (Å²) in [5, 5.41) is 0. The van der Waals surface area contributed by atoms with Gasteiger partial charge in [-0.1, -0.05) is 31.7 Å². The topological polar surface area (TPSA) is 29.5 Å². The number of hydrogen-bond acceptors (Lipinski definition) is 3. The van der Waals surface area contributed by atoms with Gasteiger partial charge in [0.25, 0.3) is 0 Å². The molecule has 0 heterocycles. The summed E-state index contributed by atoms with van der Waals surface area (Å²) in [5.74, 6) is -1.13. The fraction of sp³-hybridized carbons (Fsp3) is 0.588. The van der Waals surface area contributed by atoms with E-state index in [1.807, 2.05) is 6.07 Å². The van der Waals surface area contributed by atoms with Crippen LogP contribution in [0.25, 0.3) is 0 Å². The van der Waals surface area contributed by atoms with Crippen molar-refractivity contribution in [1.82, 2.24) is 4.90 Å². The van der Waals surface area contributed by atoms with Crippen molar-refractivity contribution in [2.45, 2.75) is 51.1 Å². The van der Waals surface area contributed by atoms with Crippen molar-refractivity contribution in [3.05, 3.63) is 35.1 Å². The van der Waals surface area contributed by atoms with E-state index in [4.69, 9.17) is 0 Å². The Labute approximate surface area is 126 Å². The van der Waals surface area contributed by atoms with Gasteiger partial charge in [-0.2, -0.15) is 0 Å². The number of ether oxygens (including phenoxy) is 1. The molecule has 0 aromatic heterocycles. The molecule has 0 saturated heterocycles. The Bertz CT molecular complexity index is 482. The van der Waals surface area contributed by atoms with E-state index in [9.17, 15) is 9.18 Å². The van der Waals surface area contributed by atoms with E-state index in [2.05, 4.69) is 16.7 Å². The van der Waals surface area contributed by atoms with Crippen LogP contribution in [0.15, 0.2) is 18.2 Å². The Morgan fingerprint density at radius 2 is 1.95 bits per heavy atom. The van der Waals surface area contributed by atoms with Crippen molar-refractivity contribution in [2.75, 3.05) is 14.2 Å². The first-order valence-electron chi connectivity index (χ1n) is 7.69. The van der Waals surface area contributed by atoms with Crippen LogP contribution in [0.5, 0.6) is 0 Å². The number of halogens is 1. The van der Waals surface area contributed by atoms with Gasteiger partial charge in [0.2, 0.25) is 0 Å². The number of carbonyl (C=O) groups excluding carboxylic acids is 1. The summed E-state index contributed by atoms with van der Waals surface area (Å²) in [4.78, 5) is 13.7. The molecule has 116 valence electrons. The zero-order valence-electron chi connectivity index (χ0n) is 12.9. The van der Waals surface area contributed by atoms with Crippen molar-refractivity contribution in [1.29, 1.82) is 0 Å². The molecule has 0 N–H and O–H groups in total. The molecule has 1 aromatic rings. The molecule has 2 rings (SSSR count). The van der Waals surface area contributed by atoms with Crippen molar-refractivity contribution in [3.63, 3.8) is 0 Å². The molecule has 0 amide bonds. The molecule has 0 unspecified atom stereocenters. The van der Waals surface area contributed by atoms with E-state index in [1.54, 1.807) is 0 Å². The van der Waals surface area contributed by atoms with Crippen LogP contribution in [-0.2, 0) is 11.3 Å². The van der Waals surface area contributed by atoms with Gasteiger partial charge in [0.15, 0.2) is 0 Å². The second-order valence-electron chi connectivity index (χ2n) is 5.87. The predicted molar refractivity (Wildman–Crippen MR) is 80.7 cm³/mol. The fourth-order valence-corrected chi connectivity index (χ4v) is 3.05. The van der Waals surface area contributed by atoms with Crippen LogP contribution in [0.4, 0.5) is 4.39 Å². The number of methoxy groups -OCH3 is 1. The third-order valence-corrected chi connectivity index (χ3v) is 4.32. The normalized spacial score (nSPS) is 16.8. The molecule has 1 aromatic carbocycles. The molecule has 1 saturated carbocycles. The van der Waals surface area contributed by atoms with Crippen LogP contribution >= 0.6 is 0 Å². The van der Waals surface area contributed by atoms with Crippen LogP contribution in [0.1, 0.15) is 54.4 Å². The number of benzene rings is 1. The first-order valence-corrected chi connectivity index (χ1v) is 7.69. The molecule has 1 aliphatic carbocycles. The molecule has 4 heteroatoms. The van der Waals surface area contributed by atoms with Crippen molar-refractivity contribution < 1.29 is 13.9 Å². The molecule has 0 spiro atoms. The summed E-state index contributed by atoms with van der Waals surface area (Å²) >= 11 is 0. The summed E-state index contributed by atoms with van der Waals surface area (Å²) in [7, 11) is 3.36. The Hall–Kier alpha value is -1.42. The zero-order valence-corrected chi connectivity index (χ0v) is 12.9. The Balaban J connectivity index is 2.01. The van der Waals surface area contributed by atoms with Crippen LogP contribution in [0.2, 0.25) is 0 Å². The molecule has 0 radical (unpaired) electrons. The van der Waals surface area contributed by atoms with Crippen molar-refractivity contribution in [3.8, 4) is 0 Å². The highest BCUT2D eigenvalue weighted by Gasteiger charge is 2.18. The molecule has 0 aliphatic heterocycles. The minimum atomic E-state index is -0.629. The van der Waals surface area contributed by atoms with E-state index in [0.717, 1.165) is 5.56 Å². The van der Waals surface area contributed by atoms with Gasteiger partial charge in [-0.05, 0) is 37.6 Å². The quantitative estimate of drug-likeness (QED) is 0.625. The van der Waals surface area contributed by atoms with E-state index in [1.165, 1.54) is 57.8 Å². The number of nitrogens with zero attached hydrogens (tertiary/aromatic N) is 1. The minimum absolute atomic E-state index is 0.00151. The van der Waals surface area contributed by atoms with Crippen LogP contribution in [0.3, 0.4) is 0 Å². The summed E-state index contributed by atoms with van der Waals surface area (Å²) < 4.78 is 18.5. The Kier molecular flexibility index (Phi) is 5.74. The summed E-state index contributed by atoms with van der Waals surface area (Å²) in [6, 6.07) is 5.34. The smallest absolute Gasteiger partial charge is 0.340 e. The van der Waals surface area contributed by atoms with E-state index < -0.39 is 11.8 Å². The Morgan fingerprint density at radius 3 is 2.52 bits per heavy atom. The molecular formula is C17H24FNO2. The van der Waals surface area contributed by atoms with Gasteiger partial charge in [-0.3, -0.25) is 4.90 Å². The van der Waals surface area contributed by atoms with Gasteiger partial charge < -0.3 is 4.74 Å². The molecule has 21 heavy (non-hydrogen) atoms. The number of rotatable bonds is 4. The summed E-state index contributed by atoms with van der Waals surface area (Å²) in [6.07, 6.45) is 7.66. The molecule has 3 nitrogen and oxygen atoms in total. The number of hydrogen-bond donors (Lipinski definition) is 0. The number of esters is 1. The maximum atomic E-state index is 13.9. The van der Waals surface area contributed by atoms with Crippen LogP contribution < -0.4 is 0 Å². The standard InChI is InChI=1S/C17H24FNO2/c1-19(14-7-5-3-4-6-8-14)12-13-9-10-15(16(18)11-13)17(20)21-2/h9-11,14H,3-8,12H2,1-2H3. The lowest BCUT2D eigenvalue weighted by molar-refractivity contribution is 0.0595. The molecule has 1 aliphatic rings. The molecule has 0 bridgehead atoms. The first-order chi connectivity index (χ1) is 10.1. The highest BCUT2D eigenvalue weighted by atomic mass is 19.1. The average Bonchev–Trinajstić information content (AvgIpc) is 2.75. The van der Waals surface area contributed by atoms with Crippen LogP contribution in [0, 0.1) is 5.82 Å². The third kappa shape index (κ3) is 4.27. The zero-order chi connectivity index (χ0) is 15.2. The number of carbonyl (C=O) groups is 1. The van der Waals surface area contributed by atoms with Gasteiger partial charge in [0.05, 0.1) is 12.7 Å². The van der Waals surface area contributed by atoms with Gasteiger partial charge in [0, 0.05) is 12.6 Å². The summed E-state index contributed by atoms with van der Waals surface area (Å²) in [5.41, 5.74) is 0.894. The predicted octanol–water partition coefficient (Wildman–Crippen LogP) is 3.77. The van der Waals surface area contributed by atoms with Crippen molar-refractivity contribution in [2.24, 2.45) is 0 Å². The second-order valence-corrected chi connectivity index (χ2v) is 5.87. The second kappa shape index (κ2) is 7.55. The minimum Gasteiger partial charge on any atom is -0.465 e. The lowest BCUT2D eigenvalue weighted by atomic mass is 10.1. The lowest BCUT2D eigenvalue weighted by Crippen LogP contribution is -2.30. The average molecular weight is 293 g/mol. The van der Waals surface area contributed by atoms with Crippen molar-refractivity contribution >= 4 is 5.97 Å². The van der Waals surface area contributed by atoms with Gasteiger partial charge in [-0.15, -0.1) is 0 Å². The van der Waals surface area contributed by atoms with Crippen LogP contribution in [-0.4, -0.2) is 31.1 Å². The van der Waals surface area contributed by atoms with E-state index in [-0.39, 0.29) is 5.56 Å². The SMILES string of the molecule is COC(=O)c1ccc(CN(C)C2CCCCCC2)cc1F. The lowest BCUT2D eigenvalue weighted by Gasteiger charge is -2.27. The first kappa shape index (κ1) is 16.0. The molecule has 1 fully saturated rings. The highest BCUT2D eigenvalue weighted by Crippen LogP contribution is 2.22. The molecular weight excluding hydrogens is 269 g/mol. The third-order valence-electron chi connectivity index (χ3n) is 4.32. The largest absolute Gasteiger partial charge is 0.465 e. The fourth-order valence-electron chi connectivity index (χ4n) is 3.05. The maximum absolute atomic E-state index is 13.9. The van der Waals surface area contributed by atoms with E-state index >= 15 is 0 Å². The van der Waals surface area contributed by atoms with Gasteiger partial charge in [0.1, 0.15) is 5.82 Å². The molecule has 0 atom stereocenters. The summed E-state index contributed by atoms with van der Waals surface area (Å²) in [6.45, 7) is 0.711. The van der Waals surface area contributed by atoms with Gasteiger partial charge >= 0.3 is 5.97 Å². The van der Waals surface area contributed by atoms with E-state index in [0.29, 0.717) is 12.6 Å². The monoisotopic (exact) mass is 293 g/mol. The highest BCUT2D eigenvalue weighted by molar-refractivity contribution is 5.89. The van der Waals surface area contributed by atoms with Gasteiger partial charge in [-0.25, -0.2) is 9.18 Å². The maximum Gasteiger partial charge on any atom is 0.340 e. The Morgan fingerprint density at radius 1 is 1.29 bits per heavy atom.